The number of hydrogen-bond acceptors (Lipinski definition) is 7. The van der Waals surface area contributed by atoms with Gasteiger partial charge in [0.1, 0.15) is 6.61 Å². The van der Waals surface area contributed by atoms with Gasteiger partial charge in [-0.15, -0.1) is 0 Å². The lowest BCUT2D eigenvalue weighted by molar-refractivity contribution is -0.161. The molecule has 9 nitrogen and oxygen atoms in total. The van der Waals surface area contributed by atoms with E-state index in [-0.39, 0.29) is 25.2 Å². The molecule has 0 aliphatic heterocycles. The topological polar surface area (TPSA) is 136 Å². The van der Waals surface area contributed by atoms with E-state index in [0.717, 1.165) is 83.5 Å². The SMILES string of the molecule is CC/C=C\C/C=C\C/C=C\C/C=C\CCCCCCC(=O)OC[C@H](COP(=O)(O)O)OC(=O)CCC/C=C\C/C=C\C/C=C\C=C\C(=O)CCCCC. The zero-order chi connectivity index (χ0) is 39.1. The molecule has 0 unspecified atom stereocenters. The summed E-state index contributed by atoms with van der Waals surface area (Å²) in [6.07, 6.45) is 46.8. The molecule has 0 radical (unpaired) electrons. The van der Waals surface area contributed by atoms with Crippen molar-refractivity contribution in [3.05, 3.63) is 97.2 Å². The van der Waals surface area contributed by atoms with E-state index in [1.54, 1.807) is 12.2 Å². The van der Waals surface area contributed by atoms with Crippen LogP contribution in [0.15, 0.2) is 97.2 Å². The highest BCUT2D eigenvalue weighted by Crippen LogP contribution is 2.35. The molecule has 0 fully saturated rings. The van der Waals surface area contributed by atoms with Gasteiger partial charge in [0.05, 0.1) is 6.61 Å². The number of unbranched alkanes of at least 4 members (excludes halogenated alkanes) is 7. The van der Waals surface area contributed by atoms with Crippen LogP contribution in [0.25, 0.3) is 0 Å². The molecule has 0 aliphatic carbocycles. The molecule has 0 rings (SSSR count). The first kappa shape index (κ1) is 49.6. The molecule has 1 atom stereocenters. The number of allylic oxidation sites excluding steroid dienone is 16. The zero-order valence-electron chi connectivity index (χ0n) is 32.4. The summed E-state index contributed by atoms with van der Waals surface area (Å²) in [4.78, 5) is 54.4. The second-order valence-electron chi connectivity index (χ2n) is 12.6. The molecular formula is C43H67O9P. The van der Waals surface area contributed by atoms with Crippen molar-refractivity contribution in [3.8, 4) is 0 Å². The van der Waals surface area contributed by atoms with Gasteiger partial charge in [0.2, 0.25) is 0 Å². The van der Waals surface area contributed by atoms with Gasteiger partial charge >= 0.3 is 19.8 Å². The number of ether oxygens (including phenoxy) is 2. The number of phosphoric ester groups is 1. The number of esters is 2. The largest absolute Gasteiger partial charge is 0.469 e. The van der Waals surface area contributed by atoms with Crippen LogP contribution in [0.2, 0.25) is 0 Å². The lowest BCUT2D eigenvalue weighted by atomic mass is 10.1. The highest BCUT2D eigenvalue weighted by molar-refractivity contribution is 7.46. The second-order valence-corrected chi connectivity index (χ2v) is 13.8. The quantitative estimate of drug-likeness (QED) is 0.0164. The molecule has 0 aromatic rings. The molecule has 0 amide bonds. The minimum Gasteiger partial charge on any atom is -0.462 e. The summed E-state index contributed by atoms with van der Waals surface area (Å²) < 4.78 is 26.2. The molecule has 0 aromatic carbocycles. The average Bonchev–Trinajstić information content (AvgIpc) is 3.12. The van der Waals surface area contributed by atoms with E-state index in [9.17, 15) is 18.9 Å². The van der Waals surface area contributed by atoms with Gasteiger partial charge < -0.3 is 19.3 Å². The van der Waals surface area contributed by atoms with Crippen molar-refractivity contribution in [2.24, 2.45) is 0 Å². The fraction of sp³-hybridized carbons (Fsp3) is 0.558. The number of carbonyl (C=O) groups is 3. The van der Waals surface area contributed by atoms with Crippen LogP contribution >= 0.6 is 7.82 Å². The van der Waals surface area contributed by atoms with Crippen LogP contribution in [0, 0.1) is 0 Å². The van der Waals surface area contributed by atoms with Crippen molar-refractivity contribution in [2.45, 2.75) is 142 Å². The molecule has 2 N–H and O–H groups in total. The zero-order valence-corrected chi connectivity index (χ0v) is 33.3. The van der Waals surface area contributed by atoms with Gasteiger partial charge in [-0.3, -0.25) is 18.9 Å². The predicted molar refractivity (Wildman–Crippen MR) is 216 cm³/mol. The second kappa shape index (κ2) is 37.0. The first-order chi connectivity index (χ1) is 25.7. The van der Waals surface area contributed by atoms with E-state index < -0.39 is 32.5 Å². The van der Waals surface area contributed by atoms with Crippen molar-refractivity contribution in [3.63, 3.8) is 0 Å². The van der Waals surface area contributed by atoms with Gasteiger partial charge in [0, 0.05) is 19.3 Å². The Kier molecular flexibility index (Phi) is 34.6. The lowest BCUT2D eigenvalue weighted by Crippen LogP contribution is -2.29. The molecule has 0 aliphatic rings. The van der Waals surface area contributed by atoms with Crippen LogP contribution in [0.4, 0.5) is 0 Å². The first-order valence-electron chi connectivity index (χ1n) is 19.5. The number of phosphoric acid groups is 1. The monoisotopic (exact) mass is 758 g/mol. The van der Waals surface area contributed by atoms with Crippen molar-refractivity contribution in [2.75, 3.05) is 13.2 Å². The van der Waals surface area contributed by atoms with Crippen LogP contribution in [0.1, 0.15) is 136 Å². The molecule has 0 bridgehead atoms. The number of rotatable bonds is 34. The van der Waals surface area contributed by atoms with E-state index in [0.29, 0.717) is 25.7 Å². The molecule has 298 valence electrons. The van der Waals surface area contributed by atoms with Crippen molar-refractivity contribution >= 4 is 25.5 Å². The van der Waals surface area contributed by atoms with Crippen LogP contribution in [-0.4, -0.2) is 46.8 Å². The highest BCUT2D eigenvalue weighted by Gasteiger charge is 2.22. The van der Waals surface area contributed by atoms with Crippen molar-refractivity contribution in [1.82, 2.24) is 0 Å². The smallest absolute Gasteiger partial charge is 0.462 e. The summed E-state index contributed by atoms with van der Waals surface area (Å²) in [6.45, 7) is 3.32. The minimum absolute atomic E-state index is 0.0981. The number of ketones is 1. The van der Waals surface area contributed by atoms with E-state index in [1.165, 1.54) is 0 Å². The van der Waals surface area contributed by atoms with Gasteiger partial charge in [-0.25, -0.2) is 4.57 Å². The summed E-state index contributed by atoms with van der Waals surface area (Å²) in [7, 11) is -4.79. The summed E-state index contributed by atoms with van der Waals surface area (Å²) in [5.74, 6) is -0.864. The Labute approximate surface area is 320 Å². The third-order valence-electron chi connectivity index (χ3n) is 7.56. The molecule has 0 saturated carbocycles. The van der Waals surface area contributed by atoms with Crippen molar-refractivity contribution < 1.29 is 42.7 Å². The fourth-order valence-electron chi connectivity index (χ4n) is 4.66. The lowest BCUT2D eigenvalue weighted by Gasteiger charge is -2.18. The van der Waals surface area contributed by atoms with E-state index in [1.807, 2.05) is 36.5 Å². The maximum Gasteiger partial charge on any atom is 0.469 e. The normalized spacial score (nSPS) is 13.4. The van der Waals surface area contributed by atoms with E-state index >= 15 is 0 Å². The van der Waals surface area contributed by atoms with Crippen LogP contribution in [-0.2, 0) is 32.9 Å². The Bertz CT molecular complexity index is 1230. The Morgan fingerprint density at radius 1 is 0.566 bits per heavy atom. The summed E-state index contributed by atoms with van der Waals surface area (Å²) >= 11 is 0. The third kappa shape index (κ3) is 39.7. The molecule has 0 heterocycles. The highest BCUT2D eigenvalue weighted by atomic mass is 31.2. The Morgan fingerprint density at radius 3 is 1.70 bits per heavy atom. The average molecular weight is 759 g/mol. The van der Waals surface area contributed by atoms with Crippen LogP contribution in [0.3, 0.4) is 0 Å². The van der Waals surface area contributed by atoms with Gasteiger partial charge in [0.15, 0.2) is 11.9 Å². The summed E-state index contributed by atoms with van der Waals surface area (Å²) in [5, 5.41) is 0. The summed E-state index contributed by atoms with van der Waals surface area (Å²) in [6, 6.07) is 0. The first-order valence-corrected chi connectivity index (χ1v) is 21.0. The Balaban J connectivity index is 4.17. The van der Waals surface area contributed by atoms with E-state index in [4.69, 9.17) is 19.3 Å². The Hall–Kier alpha value is -3.36. The standard InChI is InChI=1S/C43H67O9P/c1-3-5-7-8-9-10-11-12-13-14-15-16-19-22-25-28-32-36-42(45)50-38-41(39-51-53(47,48)49)52-43(46)37-33-29-26-23-20-17-18-21-24-27-31-35-40(44)34-30-6-4-2/h5,7,9-10,12-13,15-18,23-24,26-27,31,35,41H,3-4,6,8,11,14,19-22,25,28-30,32-34,36-39H2,1-2H3,(H2,47,48,49)/b7-5-,10-9-,13-12-,16-15-,18-17-,26-23-,27-24-,35-31+/t41-/m1/s1. The molecule has 10 heteroatoms. The number of hydrogen-bond donors (Lipinski definition) is 2. The van der Waals surface area contributed by atoms with Crippen molar-refractivity contribution in [1.29, 1.82) is 0 Å². The molecule has 53 heavy (non-hydrogen) atoms. The maximum absolute atomic E-state index is 12.4. The minimum atomic E-state index is -4.79. The van der Waals surface area contributed by atoms with E-state index in [2.05, 4.69) is 67.0 Å². The van der Waals surface area contributed by atoms with Gasteiger partial charge in [0.25, 0.3) is 0 Å². The van der Waals surface area contributed by atoms with Gasteiger partial charge in [-0.1, -0.05) is 131 Å². The molecule has 0 saturated heterocycles. The third-order valence-corrected chi connectivity index (χ3v) is 8.05. The predicted octanol–water partition coefficient (Wildman–Crippen LogP) is 11.0. The van der Waals surface area contributed by atoms with Gasteiger partial charge in [-0.2, -0.15) is 0 Å². The molecular weight excluding hydrogens is 691 g/mol. The molecule has 0 spiro atoms. The maximum atomic E-state index is 12.4. The fourth-order valence-corrected chi connectivity index (χ4v) is 5.02. The van der Waals surface area contributed by atoms with Crippen LogP contribution < -0.4 is 0 Å². The Morgan fingerprint density at radius 2 is 1.09 bits per heavy atom. The van der Waals surface area contributed by atoms with Crippen LogP contribution in [0.5, 0.6) is 0 Å². The number of carbonyl (C=O) groups excluding carboxylic acids is 3. The van der Waals surface area contributed by atoms with Gasteiger partial charge in [-0.05, 0) is 83.1 Å². The summed E-state index contributed by atoms with van der Waals surface area (Å²) in [5.41, 5.74) is 0. The molecule has 0 aromatic heterocycles.